The molecule has 154 valence electrons. The number of hydrogen-bond acceptors (Lipinski definition) is 4. The maximum atomic E-state index is 13.1. The fourth-order valence-electron chi connectivity index (χ4n) is 2.72. The maximum Gasteiger partial charge on any atom is 0.273 e. The van der Waals surface area contributed by atoms with Crippen LogP contribution in [0.5, 0.6) is 5.75 Å². The van der Waals surface area contributed by atoms with E-state index in [1.54, 1.807) is 25.3 Å². The first-order chi connectivity index (χ1) is 14.5. The zero-order valence-electron chi connectivity index (χ0n) is 16.5. The Balaban J connectivity index is 1.90. The van der Waals surface area contributed by atoms with Gasteiger partial charge in [-0.1, -0.05) is 41.4 Å². The van der Waals surface area contributed by atoms with Crippen LogP contribution < -0.4 is 20.7 Å². The molecule has 7 heteroatoms. The molecule has 0 heterocycles. The van der Waals surface area contributed by atoms with Crippen molar-refractivity contribution in [3.63, 3.8) is 0 Å². The van der Waals surface area contributed by atoms with E-state index >= 15 is 0 Å². The summed E-state index contributed by atoms with van der Waals surface area (Å²) in [5, 5.41) is 10.1. The largest absolute Gasteiger partial charge is 0.497 e. The smallest absolute Gasteiger partial charge is 0.273 e. The van der Waals surface area contributed by atoms with E-state index in [1.807, 2.05) is 61.5 Å². The Labute approximate surface area is 185 Å². The van der Waals surface area contributed by atoms with E-state index in [2.05, 4.69) is 16.0 Å². The van der Waals surface area contributed by atoms with Crippen LogP contribution >= 0.6 is 23.2 Å². The van der Waals surface area contributed by atoms with Gasteiger partial charge in [0, 0.05) is 22.1 Å². The molecule has 0 unspecified atom stereocenters. The Hall–Kier alpha value is -3.15. The second kappa shape index (κ2) is 10.1. The highest BCUT2D eigenvalue weighted by Crippen LogP contribution is 2.26. The second-order valence-corrected chi connectivity index (χ2v) is 7.27. The van der Waals surface area contributed by atoms with Gasteiger partial charge in [0.1, 0.15) is 11.4 Å². The molecule has 0 saturated carbocycles. The molecule has 3 aromatic carbocycles. The Morgan fingerprint density at radius 3 is 2.17 bits per heavy atom. The summed E-state index contributed by atoms with van der Waals surface area (Å²) in [6.45, 7) is 1.81. The van der Waals surface area contributed by atoms with Gasteiger partial charge in [0.15, 0.2) is 0 Å². The van der Waals surface area contributed by atoms with Crippen LogP contribution in [0.2, 0.25) is 10.0 Å². The van der Waals surface area contributed by atoms with E-state index in [0.29, 0.717) is 27.1 Å². The van der Waals surface area contributed by atoms with Gasteiger partial charge in [0.05, 0.1) is 17.8 Å². The number of carbonyl (C=O) groups excluding carboxylic acids is 1. The number of nitrogens with one attached hydrogen (secondary N) is 3. The van der Waals surface area contributed by atoms with Crippen LogP contribution in [0.4, 0.5) is 17.1 Å². The lowest BCUT2D eigenvalue weighted by atomic mass is 10.2. The minimum Gasteiger partial charge on any atom is -0.497 e. The second-order valence-electron chi connectivity index (χ2n) is 6.42. The van der Waals surface area contributed by atoms with Crippen LogP contribution in [0.3, 0.4) is 0 Å². The summed E-state index contributed by atoms with van der Waals surface area (Å²) in [5.41, 5.74) is 2.98. The van der Waals surface area contributed by atoms with Crippen molar-refractivity contribution in [2.45, 2.75) is 6.92 Å². The first kappa shape index (κ1) is 21.6. The molecule has 0 aliphatic carbocycles. The van der Waals surface area contributed by atoms with E-state index in [9.17, 15) is 4.79 Å². The summed E-state index contributed by atoms with van der Waals surface area (Å²) < 4.78 is 5.19. The number of para-hydroxylation sites is 1. The van der Waals surface area contributed by atoms with E-state index in [-0.39, 0.29) is 5.91 Å². The monoisotopic (exact) mass is 441 g/mol. The molecule has 3 N–H and O–H groups in total. The lowest BCUT2D eigenvalue weighted by Crippen LogP contribution is -2.23. The lowest BCUT2D eigenvalue weighted by Gasteiger charge is -2.17. The van der Waals surface area contributed by atoms with Crippen molar-refractivity contribution in [1.29, 1.82) is 0 Å². The average molecular weight is 442 g/mol. The van der Waals surface area contributed by atoms with Gasteiger partial charge in [-0.2, -0.15) is 0 Å². The first-order valence-corrected chi connectivity index (χ1v) is 9.92. The molecule has 0 aliphatic rings. The standard InChI is InChI=1S/C23H21Cl2N3O2/c1-15(26-18-9-11-19(30-2)12-10-18)22(27-17-6-4-3-5-7-17)23(29)28-21-14-16(24)8-13-20(21)25/h3-14,26-27H,1-2H3,(H,28,29)/b22-15+. The van der Waals surface area contributed by atoms with E-state index in [4.69, 9.17) is 27.9 Å². The van der Waals surface area contributed by atoms with Gasteiger partial charge in [-0.3, -0.25) is 4.79 Å². The first-order valence-electron chi connectivity index (χ1n) is 9.16. The van der Waals surface area contributed by atoms with E-state index in [1.165, 1.54) is 0 Å². The minimum atomic E-state index is -0.360. The third-order valence-electron chi connectivity index (χ3n) is 4.24. The van der Waals surface area contributed by atoms with Crippen LogP contribution in [0.15, 0.2) is 84.2 Å². The van der Waals surface area contributed by atoms with Crippen molar-refractivity contribution in [3.8, 4) is 5.75 Å². The zero-order valence-corrected chi connectivity index (χ0v) is 18.0. The number of ether oxygens (including phenoxy) is 1. The van der Waals surface area contributed by atoms with Gasteiger partial charge in [0.2, 0.25) is 0 Å². The Morgan fingerprint density at radius 1 is 0.833 bits per heavy atom. The molecule has 1 amide bonds. The van der Waals surface area contributed by atoms with E-state index < -0.39 is 0 Å². The minimum absolute atomic E-state index is 0.341. The highest BCUT2D eigenvalue weighted by molar-refractivity contribution is 6.36. The molecule has 0 aromatic heterocycles. The molecule has 0 fully saturated rings. The third kappa shape index (κ3) is 5.69. The van der Waals surface area contributed by atoms with E-state index in [0.717, 1.165) is 17.1 Å². The summed E-state index contributed by atoms with van der Waals surface area (Å²) in [4.78, 5) is 13.1. The van der Waals surface area contributed by atoms with Crippen LogP contribution in [-0.4, -0.2) is 13.0 Å². The number of methoxy groups -OCH3 is 1. The Kier molecular flexibility index (Phi) is 7.22. The van der Waals surface area contributed by atoms with Gasteiger partial charge in [-0.25, -0.2) is 0 Å². The molecular weight excluding hydrogens is 421 g/mol. The van der Waals surface area contributed by atoms with Gasteiger partial charge >= 0.3 is 0 Å². The van der Waals surface area contributed by atoms with Crippen LogP contribution in [-0.2, 0) is 4.79 Å². The molecular formula is C23H21Cl2N3O2. The van der Waals surface area contributed by atoms with Gasteiger partial charge in [-0.15, -0.1) is 0 Å². The number of carbonyl (C=O) groups is 1. The predicted octanol–water partition coefficient (Wildman–Crippen LogP) is 6.40. The topological polar surface area (TPSA) is 62.4 Å². The third-order valence-corrected chi connectivity index (χ3v) is 4.81. The molecule has 0 aliphatic heterocycles. The number of allylic oxidation sites excluding steroid dienone is 1. The van der Waals surface area contributed by atoms with Gasteiger partial charge < -0.3 is 20.7 Å². The number of halogens is 2. The SMILES string of the molecule is COc1ccc(N/C(C)=C(/Nc2ccccc2)C(=O)Nc2cc(Cl)ccc2Cl)cc1. The molecule has 0 atom stereocenters. The van der Waals surface area contributed by atoms with Crippen molar-refractivity contribution < 1.29 is 9.53 Å². The normalized spacial score (nSPS) is 11.3. The van der Waals surface area contributed by atoms with Crippen molar-refractivity contribution in [1.82, 2.24) is 0 Å². The lowest BCUT2D eigenvalue weighted by molar-refractivity contribution is -0.112. The molecule has 0 radical (unpaired) electrons. The zero-order chi connectivity index (χ0) is 21.5. The van der Waals surface area contributed by atoms with Crippen molar-refractivity contribution >= 4 is 46.2 Å². The highest BCUT2D eigenvalue weighted by Gasteiger charge is 2.16. The van der Waals surface area contributed by atoms with Gasteiger partial charge in [0.25, 0.3) is 5.91 Å². The number of anilines is 3. The van der Waals surface area contributed by atoms with Crippen molar-refractivity contribution in [2.24, 2.45) is 0 Å². The number of amides is 1. The molecule has 5 nitrogen and oxygen atoms in total. The summed E-state index contributed by atoms with van der Waals surface area (Å²) in [6, 6.07) is 21.7. The Morgan fingerprint density at radius 2 is 1.50 bits per heavy atom. The number of benzene rings is 3. The Bertz CT molecular complexity index is 1050. The average Bonchev–Trinajstić information content (AvgIpc) is 2.75. The summed E-state index contributed by atoms with van der Waals surface area (Å²) >= 11 is 12.2. The molecule has 30 heavy (non-hydrogen) atoms. The quantitative estimate of drug-likeness (QED) is 0.371. The van der Waals surface area contributed by atoms with Crippen molar-refractivity contribution in [2.75, 3.05) is 23.1 Å². The van der Waals surface area contributed by atoms with Crippen LogP contribution in [0.1, 0.15) is 6.92 Å². The number of hydrogen-bond donors (Lipinski definition) is 3. The fourth-order valence-corrected chi connectivity index (χ4v) is 3.05. The summed E-state index contributed by atoms with van der Waals surface area (Å²) in [7, 11) is 1.61. The fraction of sp³-hybridized carbons (Fsp3) is 0.0870. The molecule has 0 bridgehead atoms. The molecule has 3 rings (SSSR count). The highest BCUT2D eigenvalue weighted by atomic mass is 35.5. The van der Waals surface area contributed by atoms with Gasteiger partial charge in [-0.05, 0) is 61.5 Å². The molecule has 0 spiro atoms. The van der Waals surface area contributed by atoms with Crippen LogP contribution in [0, 0.1) is 0 Å². The molecule has 0 saturated heterocycles. The predicted molar refractivity (Wildman–Crippen MR) is 124 cm³/mol. The summed E-state index contributed by atoms with van der Waals surface area (Å²) in [6.07, 6.45) is 0. The molecule has 3 aromatic rings. The summed E-state index contributed by atoms with van der Waals surface area (Å²) in [5.74, 6) is 0.389. The van der Waals surface area contributed by atoms with Crippen LogP contribution in [0.25, 0.3) is 0 Å². The maximum absolute atomic E-state index is 13.1. The number of rotatable bonds is 7. The van der Waals surface area contributed by atoms with Crippen molar-refractivity contribution in [3.05, 3.63) is 94.2 Å².